The number of hydrogen-bond acceptors (Lipinski definition) is 4. The molecule has 138 valence electrons. The molecule has 0 aromatic heterocycles. The standard InChI is InChI=1S/C23H23NO3/c1-2-3-13-27-22(25)23(26,19-7-5-4-6-8-19)20-9-11-21(12-10-20)24-15-17-14-18(17)16-24/h4-12,17-18,26H,13-16H2,1H3/t17-,18+,23?. The van der Waals surface area contributed by atoms with Crippen LogP contribution in [0.25, 0.3) is 0 Å². The summed E-state index contributed by atoms with van der Waals surface area (Å²) in [6.45, 7) is 3.84. The highest BCUT2D eigenvalue weighted by Crippen LogP contribution is 2.46. The second-order valence-corrected chi connectivity index (χ2v) is 7.29. The third-order valence-corrected chi connectivity index (χ3v) is 5.57. The molecule has 0 amide bonds. The number of ether oxygens (including phenoxy) is 1. The first kappa shape index (κ1) is 17.6. The lowest BCUT2D eigenvalue weighted by molar-refractivity contribution is -0.160. The van der Waals surface area contributed by atoms with Crippen LogP contribution in [0.3, 0.4) is 0 Å². The monoisotopic (exact) mass is 361 g/mol. The van der Waals surface area contributed by atoms with Gasteiger partial charge in [-0.05, 0) is 48.4 Å². The number of piperidine rings is 1. The molecule has 4 nitrogen and oxygen atoms in total. The van der Waals surface area contributed by atoms with Crippen LogP contribution in [0.1, 0.15) is 24.5 Å². The molecule has 1 aliphatic carbocycles. The van der Waals surface area contributed by atoms with Crippen molar-refractivity contribution in [3.63, 3.8) is 0 Å². The summed E-state index contributed by atoms with van der Waals surface area (Å²) in [6.07, 6.45) is 1.36. The minimum atomic E-state index is -1.86. The third-order valence-electron chi connectivity index (χ3n) is 5.57. The van der Waals surface area contributed by atoms with Crippen molar-refractivity contribution in [3.8, 4) is 11.8 Å². The summed E-state index contributed by atoms with van der Waals surface area (Å²) in [5.74, 6) is 6.36. The number of fused-ring (bicyclic) bond motifs is 1. The van der Waals surface area contributed by atoms with Gasteiger partial charge >= 0.3 is 5.97 Å². The minimum Gasteiger partial charge on any atom is -0.450 e. The van der Waals surface area contributed by atoms with Crippen LogP contribution in [-0.4, -0.2) is 30.8 Å². The first-order valence-corrected chi connectivity index (χ1v) is 9.33. The van der Waals surface area contributed by atoms with Gasteiger partial charge in [0, 0.05) is 18.8 Å². The zero-order valence-electron chi connectivity index (χ0n) is 15.4. The molecule has 1 saturated heterocycles. The Balaban J connectivity index is 1.63. The summed E-state index contributed by atoms with van der Waals surface area (Å²) in [5, 5.41) is 11.4. The van der Waals surface area contributed by atoms with Gasteiger partial charge in [-0.15, -0.1) is 5.92 Å². The summed E-state index contributed by atoms with van der Waals surface area (Å²) >= 11 is 0. The smallest absolute Gasteiger partial charge is 0.348 e. The van der Waals surface area contributed by atoms with Crippen LogP contribution in [0.4, 0.5) is 5.69 Å². The number of nitrogens with zero attached hydrogens (tertiary/aromatic N) is 1. The number of carbonyl (C=O) groups excluding carboxylic acids is 1. The van der Waals surface area contributed by atoms with E-state index in [4.69, 9.17) is 4.74 Å². The molecule has 1 saturated carbocycles. The number of rotatable bonds is 5. The lowest BCUT2D eigenvalue weighted by Crippen LogP contribution is -2.38. The Kier molecular flexibility index (Phi) is 4.63. The van der Waals surface area contributed by atoms with E-state index < -0.39 is 11.6 Å². The van der Waals surface area contributed by atoms with Crippen LogP contribution in [0.2, 0.25) is 0 Å². The van der Waals surface area contributed by atoms with Crippen molar-refractivity contribution in [1.29, 1.82) is 0 Å². The van der Waals surface area contributed by atoms with E-state index >= 15 is 0 Å². The first-order chi connectivity index (χ1) is 13.1. The van der Waals surface area contributed by atoms with E-state index in [9.17, 15) is 9.90 Å². The van der Waals surface area contributed by atoms with E-state index in [0.717, 1.165) is 30.6 Å². The van der Waals surface area contributed by atoms with Gasteiger partial charge in [-0.3, -0.25) is 0 Å². The second kappa shape index (κ2) is 7.09. The summed E-state index contributed by atoms with van der Waals surface area (Å²) in [4.78, 5) is 15.2. The molecule has 1 heterocycles. The second-order valence-electron chi connectivity index (χ2n) is 7.29. The molecular weight excluding hydrogens is 338 g/mol. The van der Waals surface area contributed by atoms with Crippen molar-refractivity contribution < 1.29 is 14.6 Å². The van der Waals surface area contributed by atoms with Crippen molar-refractivity contribution in [2.45, 2.75) is 18.9 Å². The van der Waals surface area contributed by atoms with Gasteiger partial charge in [-0.2, -0.15) is 0 Å². The minimum absolute atomic E-state index is 0.0425. The molecule has 1 N–H and O–H groups in total. The van der Waals surface area contributed by atoms with Crippen molar-refractivity contribution in [1.82, 2.24) is 0 Å². The van der Waals surface area contributed by atoms with E-state index in [0.29, 0.717) is 11.1 Å². The van der Waals surface area contributed by atoms with Crippen LogP contribution >= 0.6 is 0 Å². The van der Waals surface area contributed by atoms with Gasteiger partial charge in [0.05, 0.1) is 0 Å². The molecule has 2 aromatic rings. The fraction of sp³-hybridized carbons (Fsp3) is 0.348. The lowest BCUT2D eigenvalue weighted by Gasteiger charge is -2.28. The molecule has 2 fully saturated rings. The number of aliphatic hydroxyl groups is 1. The molecule has 3 atom stereocenters. The van der Waals surface area contributed by atoms with Gasteiger partial charge in [0.15, 0.2) is 6.61 Å². The van der Waals surface area contributed by atoms with Gasteiger partial charge < -0.3 is 14.7 Å². The molecular formula is C23H23NO3. The molecule has 2 aromatic carbocycles. The van der Waals surface area contributed by atoms with Gasteiger partial charge in [-0.25, -0.2) is 4.79 Å². The largest absolute Gasteiger partial charge is 0.450 e. The Morgan fingerprint density at radius 2 is 1.74 bits per heavy atom. The Bertz CT molecular complexity index is 871. The SMILES string of the molecule is CC#CCOC(=O)C(O)(c1ccccc1)c1ccc(N2C[C@H]3C[C@H]3C2)cc1. The highest BCUT2D eigenvalue weighted by Gasteiger charge is 2.45. The van der Waals surface area contributed by atoms with Crippen molar-refractivity contribution in [2.75, 3.05) is 24.6 Å². The maximum Gasteiger partial charge on any atom is 0.348 e. The predicted molar refractivity (Wildman–Crippen MR) is 104 cm³/mol. The first-order valence-electron chi connectivity index (χ1n) is 9.33. The Labute approximate surface area is 159 Å². The average Bonchev–Trinajstić information content (AvgIpc) is 3.33. The zero-order valence-corrected chi connectivity index (χ0v) is 15.4. The average molecular weight is 361 g/mol. The van der Waals surface area contributed by atoms with Gasteiger partial charge in [0.25, 0.3) is 0 Å². The van der Waals surface area contributed by atoms with E-state index in [1.807, 2.05) is 30.3 Å². The predicted octanol–water partition coefficient (Wildman–Crippen LogP) is 2.95. The highest BCUT2D eigenvalue weighted by atomic mass is 16.5. The number of carbonyl (C=O) groups is 1. The molecule has 1 aliphatic heterocycles. The summed E-state index contributed by atoms with van der Waals surface area (Å²) in [5.41, 5.74) is 0.250. The van der Waals surface area contributed by atoms with E-state index in [1.54, 1.807) is 31.2 Å². The fourth-order valence-electron chi connectivity index (χ4n) is 3.88. The molecule has 1 unspecified atom stereocenters. The van der Waals surface area contributed by atoms with Crippen molar-refractivity contribution >= 4 is 11.7 Å². The maximum atomic E-state index is 12.8. The molecule has 2 aliphatic rings. The quantitative estimate of drug-likeness (QED) is 0.657. The summed E-state index contributed by atoms with van der Waals surface area (Å²) in [6, 6.07) is 16.5. The fourth-order valence-corrected chi connectivity index (χ4v) is 3.88. The van der Waals surface area contributed by atoms with E-state index in [-0.39, 0.29) is 6.61 Å². The number of benzene rings is 2. The molecule has 4 rings (SSSR count). The lowest BCUT2D eigenvalue weighted by atomic mass is 9.86. The zero-order chi connectivity index (χ0) is 18.9. The summed E-state index contributed by atoms with van der Waals surface area (Å²) < 4.78 is 5.23. The Morgan fingerprint density at radius 3 is 2.37 bits per heavy atom. The van der Waals surface area contributed by atoms with Crippen LogP contribution in [0, 0.1) is 23.7 Å². The number of esters is 1. The maximum absolute atomic E-state index is 12.8. The van der Waals surface area contributed by atoms with E-state index in [1.165, 1.54) is 6.42 Å². The van der Waals surface area contributed by atoms with Gasteiger partial charge in [-0.1, -0.05) is 48.4 Å². The molecule has 27 heavy (non-hydrogen) atoms. The summed E-state index contributed by atoms with van der Waals surface area (Å²) in [7, 11) is 0. The van der Waals surface area contributed by atoms with Crippen LogP contribution in [0.5, 0.6) is 0 Å². The normalized spacial score (nSPS) is 22.2. The molecule has 0 bridgehead atoms. The van der Waals surface area contributed by atoms with Crippen molar-refractivity contribution in [2.24, 2.45) is 11.8 Å². The Hall–Kier alpha value is -2.77. The van der Waals surface area contributed by atoms with Crippen molar-refractivity contribution in [3.05, 3.63) is 65.7 Å². The number of anilines is 1. The molecule has 0 spiro atoms. The molecule has 0 radical (unpaired) electrons. The van der Waals surface area contributed by atoms with Gasteiger partial charge in [0.1, 0.15) is 0 Å². The third kappa shape index (κ3) is 3.31. The van der Waals surface area contributed by atoms with E-state index in [2.05, 4.69) is 16.7 Å². The van der Waals surface area contributed by atoms with Crippen LogP contribution in [-0.2, 0) is 15.1 Å². The number of hydrogen-bond donors (Lipinski definition) is 1. The molecule has 4 heteroatoms. The van der Waals surface area contributed by atoms with Crippen LogP contribution in [0.15, 0.2) is 54.6 Å². The highest BCUT2D eigenvalue weighted by molar-refractivity contribution is 5.85. The van der Waals surface area contributed by atoms with Gasteiger partial charge in [0.2, 0.25) is 5.60 Å². The topological polar surface area (TPSA) is 49.8 Å². The Morgan fingerprint density at radius 1 is 1.11 bits per heavy atom. The van der Waals surface area contributed by atoms with Crippen LogP contribution < -0.4 is 4.90 Å².